The normalized spacial score (nSPS) is 10.8. The number of carbonyl (C=O) groups is 1. The average Bonchev–Trinajstić information content (AvgIpc) is 3.03. The van der Waals surface area contributed by atoms with Gasteiger partial charge in [-0.1, -0.05) is 20.8 Å². The van der Waals surface area contributed by atoms with E-state index in [9.17, 15) is 10.1 Å². The summed E-state index contributed by atoms with van der Waals surface area (Å²) in [6.07, 6.45) is 0. The second-order valence-electron chi connectivity index (χ2n) is 6.58. The van der Waals surface area contributed by atoms with Crippen molar-refractivity contribution in [2.75, 3.05) is 26.6 Å². The molecule has 26 heavy (non-hydrogen) atoms. The molecule has 0 saturated heterocycles. The van der Waals surface area contributed by atoms with Crippen LogP contribution in [0.15, 0.2) is 17.5 Å². The van der Waals surface area contributed by atoms with E-state index < -0.39 is 0 Å². The summed E-state index contributed by atoms with van der Waals surface area (Å²) < 4.78 is 15.8. The van der Waals surface area contributed by atoms with Crippen LogP contribution in [0, 0.1) is 11.3 Å². The van der Waals surface area contributed by atoms with E-state index in [1.165, 1.54) is 32.7 Å². The maximum atomic E-state index is 12.7. The van der Waals surface area contributed by atoms with Gasteiger partial charge in [-0.3, -0.25) is 4.79 Å². The highest BCUT2D eigenvalue weighted by Gasteiger charge is 2.24. The van der Waals surface area contributed by atoms with E-state index in [2.05, 4.69) is 11.4 Å². The molecule has 1 aromatic heterocycles. The quantitative estimate of drug-likeness (QED) is 0.848. The first-order valence-corrected chi connectivity index (χ1v) is 8.78. The van der Waals surface area contributed by atoms with Crippen molar-refractivity contribution in [2.45, 2.75) is 26.2 Å². The van der Waals surface area contributed by atoms with Gasteiger partial charge in [0.1, 0.15) is 11.1 Å². The van der Waals surface area contributed by atoms with Crippen LogP contribution in [0.5, 0.6) is 17.2 Å². The number of nitriles is 1. The van der Waals surface area contributed by atoms with Gasteiger partial charge in [0.05, 0.1) is 26.9 Å². The zero-order valence-electron chi connectivity index (χ0n) is 15.7. The number of benzene rings is 1. The molecule has 1 aromatic carbocycles. The Hall–Kier alpha value is -2.72. The van der Waals surface area contributed by atoms with Crippen LogP contribution in [-0.2, 0) is 5.41 Å². The first kappa shape index (κ1) is 19.6. The lowest BCUT2D eigenvalue weighted by atomic mass is 9.86. The predicted octanol–water partition coefficient (Wildman–Crippen LogP) is 4.20. The molecule has 1 heterocycles. The van der Waals surface area contributed by atoms with Crippen LogP contribution < -0.4 is 19.5 Å². The topological polar surface area (TPSA) is 80.6 Å². The van der Waals surface area contributed by atoms with Gasteiger partial charge in [-0.15, -0.1) is 11.3 Å². The molecule has 2 aromatic rings. The first-order chi connectivity index (χ1) is 12.3. The van der Waals surface area contributed by atoms with Gasteiger partial charge in [0.25, 0.3) is 5.91 Å². The number of hydrogen-bond acceptors (Lipinski definition) is 6. The Kier molecular flexibility index (Phi) is 5.78. The summed E-state index contributed by atoms with van der Waals surface area (Å²) in [5, 5.41) is 14.8. The third kappa shape index (κ3) is 3.75. The van der Waals surface area contributed by atoms with E-state index in [0.717, 1.165) is 5.56 Å². The van der Waals surface area contributed by atoms with E-state index in [1.54, 1.807) is 12.1 Å². The van der Waals surface area contributed by atoms with E-state index >= 15 is 0 Å². The van der Waals surface area contributed by atoms with Gasteiger partial charge >= 0.3 is 0 Å². The van der Waals surface area contributed by atoms with Crippen LogP contribution in [0.4, 0.5) is 5.00 Å². The third-order valence-electron chi connectivity index (χ3n) is 3.86. The average molecular weight is 374 g/mol. The van der Waals surface area contributed by atoms with E-state index in [4.69, 9.17) is 14.2 Å². The number of amides is 1. The van der Waals surface area contributed by atoms with Gasteiger partial charge in [0.2, 0.25) is 5.75 Å². The minimum absolute atomic E-state index is 0.183. The standard InChI is InChI=1S/C19H22N2O4S/c1-19(2,3)13-10-26-18(12(13)9-20)21-17(22)11-7-14(23-4)16(25-6)15(8-11)24-5/h7-8,10H,1-6H3,(H,21,22). The summed E-state index contributed by atoms with van der Waals surface area (Å²) >= 11 is 1.34. The van der Waals surface area contributed by atoms with Crippen LogP contribution in [0.1, 0.15) is 42.3 Å². The van der Waals surface area contributed by atoms with Gasteiger partial charge in [-0.25, -0.2) is 0 Å². The summed E-state index contributed by atoms with van der Waals surface area (Å²) in [6, 6.07) is 5.34. The second kappa shape index (κ2) is 7.67. The molecule has 0 spiro atoms. The number of carbonyl (C=O) groups excluding carboxylic acids is 1. The van der Waals surface area contributed by atoms with Crippen molar-refractivity contribution < 1.29 is 19.0 Å². The molecular weight excluding hydrogens is 352 g/mol. The summed E-state index contributed by atoms with van der Waals surface area (Å²) in [4.78, 5) is 12.7. The number of thiophene rings is 1. The van der Waals surface area contributed by atoms with E-state index in [-0.39, 0.29) is 11.3 Å². The molecule has 0 aliphatic carbocycles. The number of ether oxygens (including phenoxy) is 3. The largest absolute Gasteiger partial charge is 0.493 e. The number of rotatable bonds is 5. The summed E-state index contributed by atoms with van der Waals surface area (Å²) in [6.45, 7) is 6.09. The molecule has 1 N–H and O–H groups in total. The highest BCUT2D eigenvalue weighted by Crippen LogP contribution is 2.39. The van der Waals surface area contributed by atoms with Crippen molar-refractivity contribution in [2.24, 2.45) is 0 Å². The van der Waals surface area contributed by atoms with Gasteiger partial charge in [0.15, 0.2) is 11.5 Å². The fourth-order valence-electron chi connectivity index (χ4n) is 2.50. The molecule has 0 radical (unpaired) electrons. The zero-order chi connectivity index (χ0) is 19.5. The monoisotopic (exact) mass is 374 g/mol. The molecule has 0 unspecified atom stereocenters. The van der Waals surface area contributed by atoms with E-state index in [1.807, 2.05) is 26.2 Å². The molecule has 0 atom stereocenters. The molecule has 0 saturated carbocycles. The lowest BCUT2D eigenvalue weighted by molar-refractivity contribution is 0.102. The van der Waals surface area contributed by atoms with Crippen molar-refractivity contribution >= 4 is 22.2 Å². The SMILES string of the molecule is COc1cc(C(=O)Nc2scc(C(C)(C)C)c2C#N)cc(OC)c1OC. The van der Waals surface area contributed by atoms with Gasteiger partial charge < -0.3 is 19.5 Å². The fourth-order valence-corrected chi connectivity index (χ4v) is 3.63. The molecular formula is C19H22N2O4S. The van der Waals surface area contributed by atoms with Crippen molar-refractivity contribution in [3.8, 4) is 23.3 Å². The van der Waals surface area contributed by atoms with Gasteiger partial charge in [-0.05, 0) is 28.5 Å². The molecule has 7 heteroatoms. The fraction of sp³-hybridized carbons (Fsp3) is 0.368. The minimum atomic E-state index is -0.358. The molecule has 1 amide bonds. The van der Waals surface area contributed by atoms with Crippen LogP contribution in [0.25, 0.3) is 0 Å². The Morgan fingerprint density at radius 2 is 1.69 bits per heavy atom. The smallest absolute Gasteiger partial charge is 0.256 e. The van der Waals surface area contributed by atoms with Crippen molar-refractivity contribution in [1.82, 2.24) is 0 Å². The number of nitrogens with zero attached hydrogens (tertiary/aromatic N) is 1. The lowest BCUT2D eigenvalue weighted by Gasteiger charge is -2.17. The van der Waals surface area contributed by atoms with Gasteiger partial charge in [0, 0.05) is 5.56 Å². The Labute approximate surface area is 157 Å². The third-order valence-corrected chi connectivity index (χ3v) is 4.76. The highest BCUT2D eigenvalue weighted by atomic mass is 32.1. The minimum Gasteiger partial charge on any atom is -0.493 e. The van der Waals surface area contributed by atoms with Crippen LogP contribution >= 0.6 is 11.3 Å². The molecule has 6 nitrogen and oxygen atoms in total. The zero-order valence-corrected chi connectivity index (χ0v) is 16.5. The molecule has 138 valence electrons. The number of methoxy groups -OCH3 is 3. The van der Waals surface area contributed by atoms with Crippen LogP contribution in [0.2, 0.25) is 0 Å². The van der Waals surface area contributed by atoms with Crippen molar-refractivity contribution in [3.05, 3.63) is 34.2 Å². The summed E-state index contributed by atoms with van der Waals surface area (Å²) in [5.41, 5.74) is 1.56. The Balaban J connectivity index is 2.40. The molecule has 2 rings (SSSR count). The van der Waals surface area contributed by atoms with Crippen LogP contribution in [0.3, 0.4) is 0 Å². The summed E-state index contributed by atoms with van der Waals surface area (Å²) in [5.74, 6) is 0.830. The van der Waals surface area contributed by atoms with Gasteiger partial charge in [-0.2, -0.15) is 5.26 Å². The lowest BCUT2D eigenvalue weighted by Crippen LogP contribution is -2.15. The Bertz CT molecular complexity index is 834. The number of nitrogens with one attached hydrogen (secondary N) is 1. The predicted molar refractivity (Wildman–Crippen MR) is 102 cm³/mol. The Morgan fingerprint density at radius 1 is 1.12 bits per heavy atom. The Morgan fingerprint density at radius 3 is 2.12 bits per heavy atom. The maximum absolute atomic E-state index is 12.7. The van der Waals surface area contributed by atoms with Crippen LogP contribution in [-0.4, -0.2) is 27.2 Å². The van der Waals surface area contributed by atoms with Crippen molar-refractivity contribution in [3.63, 3.8) is 0 Å². The number of anilines is 1. The molecule has 0 bridgehead atoms. The maximum Gasteiger partial charge on any atom is 0.256 e. The molecule has 0 aliphatic heterocycles. The van der Waals surface area contributed by atoms with Crippen molar-refractivity contribution in [1.29, 1.82) is 5.26 Å². The first-order valence-electron chi connectivity index (χ1n) is 7.90. The summed E-state index contributed by atoms with van der Waals surface area (Å²) in [7, 11) is 4.47. The van der Waals surface area contributed by atoms with E-state index in [0.29, 0.717) is 33.4 Å². The number of hydrogen-bond donors (Lipinski definition) is 1. The molecule has 0 fully saturated rings. The molecule has 0 aliphatic rings. The highest BCUT2D eigenvalue weighted by molar-refractivity contribution is 7.14. The second-order valence-corrected chi connectivity index (χ2v) is 7.46.